The second-order valence-electron chi connectivity index (χ2n) is 7.55. The van der Waals surface area contributed by atoms with E-state index in [9.17, 15) is 4.21 Å². The van der Waals surface area contributed by atoms with Crippen LogP contribution in [0.2, 0.25) is 0 Å². The molecule has 152 valence electrons. The van der Waals surface area contributed by atoms with E-state index >= 15 is 0 Å². The molecule has 1 aliphatic rings. The van der Waals surface area contributed by atoms with Gasteiger partial charge in [-0.3, -0.25) is 9.53 Å². The predicted molar refractivity (Wildman–Crippen MR) is 121 cm³/mol. The van der Waals surface area contributed by atoms with Crippen molar-refractivity contribution in [2.75, 3.05) is 12.9 Å². The lowest BCUT2D eigenvalue weighted by Gasteiger charge is -2.36. The Bertz CT molecular complexity index is 827. The Morgan fingerprint density at radius 1 is 1.25 bits per heavy atom. The van der Waals surface area contributed by atoms with Crippen LogP contribution in [0.3, 0.4) is 0 Å². The third-order valence-corrected chi connectivity index (χ3v) is 8.05. The zero-order valence-corrected chi connectivity index (χ0v) is 19.4. The zero-order chi connectivity index (χ0) is 20.1. The van der Waals surface area contributed by atoms with Crippen molar-refractivity contribution >= 4 is 26.7 Å². The van der Waals surface area contributed by atoms with Crippen LogP contribution in [0.5, 0.6) is 5.75 Å². The highest BCUT2D eigenvalue weighted by Gasteiger charge is 2.38. The van der Waals surface area contributed by atoms with Gasteiger partial charge in [0.1, 0.15) is 5.75 Å². The van der Waals surface area contributed by atoms with Crippen molar-refractivity contribution in [2.24, 2.45) is 0 Å². The summed E-state index contributed by atoms with van der Waals surface area (Å²) in [5.74, 6) is 1.49. The largest absolute Gasteiger partial charge is 0.496 e. The second-order valence-corrected chi connectivity index (χ2v) is 9.53. The van der Waals surface area contributed by atoms with Gasteiger partial charge in [0.2, 0.25) is 0 Å². The van der Waals surface area contributed by atoms with Gasteiger partial charge in [0.05, 0.1) is 24.0 Å². The van der Waals surface area contributed by atoms with Crippen molar-refractivity contribution in [1.82, 2.24) is 5.32 Å². The van der Waals surface area contributed by atoms with Crippen molar-refractivity contribution < 1.29 is 8.95 Å². The van der Waals surface area contributed by atoms with Crippen molar-refractivity contribution in [2.45, 2.75) is 61.3 Å². The number of hydrogen-bond acceptors (Lipinski definition) is 3. The number of rotatable bonds is 7. The maximum absolute atomic E-state index is 13.5. The first-order valence-electron chi connectivity index (χ1n) is 10.0. The fourth-order valence-corrected chi connectivity index (χ4v) is 6.28. The van der Waals surface area contributed by atoms with Crippen LogP contribution in [0.25, 0.3) is 0 Å². The number of halogens is 1. The van der Waals surface area contributed by atoms with Gasteiger partial charge in [-0.1, -0.05) is 73.0 Å². The summed E-state index contributed by atoms with van der Waals surface area (Å²) in [6.45, 7) is 4.43. The van der Waals surface area contributed by atoms with Crippen molar-refractivity contribution in [1.29, 1.82) is 0 Å². The summed E-state index contributed by atoms with van der Waals surface area (Å²) < 4.78 is 19.2. The van der Waals surface area contributed by atoms with Gasteiger partial charge in [0, 0.05) is 27.1 Å². The Morgan fingerprint density at radius 3 is 2.61 bits per heavy atom. The zero-order valence-electron chi connectivity index (χ0n) is 17.0. The molecule has 1 unspecified atom stereocenters. The highest BCUT2D eigenvalue weighted by atomic mass is 79.9. The number of nitrogens with one attached hydrogen (secondary N) is 1. The monoisotopic (exact) mass is 463 g/mol. The highest BCUT2D eigenvalue weighted by molar-refractivity contribution is 9.08. The molecule has 0 bridgehead atoms. The van der Waals surface area contributed by atoms with Crippen LogP contribution in [0.15, 0.2) is 47.4 Å². The summed E-state index contributed by atoms with van der Waals surface area (Å²) >= 11 is 3.55. The van der Waals surface area contributed by atoms with Crippen LogP contribution < -0.4 is 10.1 Å². The molecule has 0 saturated carbocycles. The van der Waals surface area contributed by atoms with E-state index < -0.39 is 10.8 Å². The number of unbranched alkanes of at least 4 members (excludes halogenated alkanes) is 1. The molecule has 2 aromatic rings. The lowest BCUT2D eigenvalue weighted by Crippen LogP contribution is -2.49. The van der Waals surface area contributed by atoms with Gasteiger partial charge in [0.15, 0.2) is 0 Å². The van der Waals surface area contributed by atoms with Gasteiger partial charge >= 0.3 is 0 Å². The highest BCUT2D eigenvalue weighted by Crippen LogP contribution is 2.39. The van der Waals surface area contributed by atoms with E-state index in [4.69, 9.17) is 4.74 Å². The molecule has 1 N–H and O–H groups in total. The molecular formula is C23H30BrNO2S. The molecule has 0 saturated heterocycles. The smallest absolute Gasteiger partial charge is 0.123 e. The summed E-state index contributed by atoms with van der Waals surface area (Å²) in [5, 5.41) is 4.62. The topological polar surface area (TPSA) is 38.3 Å². The van der Waals surface area contributed by atoms with Crippen molar-refractivity contribution in [3.8, 4) is 5.75 Å². The lowest BCUT2D eigenvalue weighted by atomic mass is 9.88. The Morgan fingerprint density at radius 2 is 2.00 bits per heavy atom. The van der Waals surface area contributed by atoms with Gasteiger partial charge in [0.25, 0.3) is 0 Å². The molecule has 0 aliphatic carbocycles. The molecule has 5 heteroatoms. The molecule has 0 amide bonds. The van der Waals surface area contributed by atoms with Crippen molar-refractivity contribution in [3.63, 3.8) is 0 Å². The third-order valence-electron chi connectivity index (χ3n) is 5.79. The van der Waals surface area contributed by atoms with Crippen LogP contribution in [-0.4, -0.2) is 22.6 Å². The van der Waals surface area contributed by atoms with Crippen LogP contribution in [0, 0.1) is 0 Å². The lowest BCUT2D eigenvalue weighted by molar-refractivity contribution is 0.296. The van der Waals surface area contributed by atoms with Crippen LogP contribution in [0.4, 0.5) is 0 Å². The second kappa shape index (κ2) is 9.55. The molecule has 0 radical (unpaired) electrons. The summed E-state index contributed by atoms with van der Waals surface area (Å²) in [7, 11) is 0.638. The normalized spacial score (nSPS) is 24.4. The summed E-state index contributed by atoms with van der Waals surface area (Å²) in [5.41, 5.74) is 3.17. The fraction of sp³-hybridized carbons (Fsp3) is 0.478. The number of ether oxygens (including phenoxy) is 1. The fourth-order valence-electron chi connectivity index (χ4n) is 4.04. The molecule has 3 nitrogen and oxygen atoms in total. The van der Waals surface area contributed by atoms with Gasteiger partial charge in [-0.05, 0) is 36.1 Å². The molecule has 0 fully saturated rings. The standard InChI is InChI=1S/C23H30BrNO2S/c1-4-6-12-23(5-2)16-28(26)21-13-18(15-24)20(27-3)14-19(21)22(25-23)17-10-8-7-9-11-17/h7-11,13-14,22,25H,4-6,12,15-16H2,1-3H3/t22-,23-,28?/m1/s1. The number of fused-ring (bicyclic) bond motifs is 1. The SMILES string of the molecule is CCCC[C@]1(CC)CS(=O)c2cc(CBr)c(OC)cc2[C@@H](c2ccccc2)N1. The van der Waals surface area contributed by atoms with Gasteiger partial charge < -0.3 is 4.74 Å². The Labute approximate surface area is 179 Å². The summed E-state index contributed by atoms with van der Waals surface area (Å²) in [6.07, 6.45) is 4.26. The third kappa shape index (κ3) is 4.37. The minimum atomic E-state index is -1.06. The van der Waals surface area contributed by atoms with E-state index in [0.717, 1.165) is 47.5 Å². The average Bonchev–Trinajstić information content (AvgIpc) is 2.86. The molecule has 1 heterocycles. The van der Waals surface area contributed by atoms with Crippen LogP contribution in [0.1, 0.15) is 62.3 Å². The maximum Gasteiger partial charge on any atom is 0.123 e. The Hall–Kier alpha value is -1.17. The van der Waals surface area contributed by atoms with E-state index in [1.165, 1.54) is 5.56 Å². The van der Waals surface area contributed by atoms with E-state index in [-0.39, 0.29) is 11.6 Å². The van der Waals surface area contributed by atoms with E-state index in [0.29, 0.717) is 11.1 Å². The van der Waals surface area contributed by atoms with E-state index in [1.807, 2.05) is 6.07 Å². The molecular weight excluding hydrogens is 434 g/mol. The minimum Gasteiger partial charge on any atom is -0.496 e. The van der Waals surface area contributed by atoms with E-state index in [1.54, 1.807) is 7.11 Å². The predicted octanol–water partition coefficient (Wildman–Crippen LogP) is 5.73. The van der Waals surface area contributed by atoms with Crippen molar-refractivity contribution in [3.05, 3.63) is 59.2 Å². The Balaban J connectivity index is 2.18. The summed E-state index contributed by atoms with van der Waals surface area (Å²) in [4.78, 5) is 0.934. The van der Waals surface area contributed by atoms with Crippen LogP contribution >= 0.6 is 15.9 Å². The molecule has 28 heavy (non-hydrogen) atoms. The van der Waals surface area contributed by atoms with Gasteiger partial charge in [-0.15, -0.1) is 0 Å². The van der Waals surface area contributed by atoms with E-state index in [2.05, 4.69) is 71.5 Å². The minimum absolute atomic E-state index is 0.00210. The molecule has 1 aliphatic heterocycles. The molecule has 0 spiro atoms. The molecule has 3 rings (SSSR count). The molecule has 3 atom stereocenters. The van der Waals surface area contributed by atoms with Crippen LogP contribution in [-0.2, 0) is 16.1 Å². The number of methoxy groups -OCH3 is 1. The number of hydrogen-bond donors (Lipinski definition) is 1. The average molecular weight is 464 g/mol. The number of benzene rings is 2. The number of alkyl halides is 1. The first-order chi connectivity index (χ1) is 13.6. The van der Waals surface area contributed by atoms with Gasteiger partial charge in [-0.2, -0.15) is 0 Å². The molecule has 2 aromatic carbocycles. The first-order valence-corrected chi connectivity index (χ1v) is 12.5. The van der Waals surface area contributed by atoms with Gasteiger partial charge in [-0.25, -0.2) is 0 Å². The Kier molecular flexibility index (Phi) is 7.35. The quantitative estimate of drug-likeness (QED) is 0.532. The molecule has 0 aromatic heterocycles. The first kappa shape index (κ1) is 21.5. The summed E-state index contributed by atoms with van der Waals surface area (Å²) in [6, 6.07) is 14.6. The maximum atomic E-state index is 13.5.